The van der Waals surface area contributed by atoms with Gasteiger partial charge in [0, 0.05) is 21.8 Å². The summed E-state index contributed by atoms with van der Waals surface area (Å²) in [5.41, 5.74) is 1.71. The van der Waals surface area contributed by atoms with E-state index >= 15 is 0 Å². The normalized spacial score (nSPS) is 10.3. The molecule has 18 heavy (non-hydrogen) atoms. The summed E-state index contributed by atoms with van der Waals surface area (Å²) in [5, 5.41) is 18.5. The van der Waals surface area contributed by atoms with E-state index in [4.69, 9.17) is 5.11 Å². The summed E-state index contributed by atoms with van der Waals surface area (Å²) in [4.78, 5) is 15.3. The Hall–Kier alpha value is -1.72. The van der Waals surface area contributed by atoms with Crippen LogP contribution in [0.25, 0.3) is 11.3 Å². The molecule has 2 N–H and O–H groups in total. The summed E-state index contributed by atoms with van der Waals surface area (Å²) in [7, 11) is 0. The number of benzene rings is 1. The molecular weight excluding hydrogens is 298 g/mol. The van der Waals surface area contributed by atoms with Crippen molar-refractivity contribution in [2.75, 3.05) is 0 Å². The zero-order chi connectivity index (χ0) is 13.1. The highest BCUT2D eigenvalue weighted by atomic mass is 79.9. The van der Waals surface area contributed by atoms with E-state index in [1.165, 1.54) is 12.3 Å². The van der Waals surface area contributed by atoms with Gasteiger partial charge in [-0.05, 0) is 18.2 Å². The lowest BCUT2D eigenvalue weighted by molar-refractivity contribution is 0.0697. The van der Waals surface area contributed by atoms with Gasteiger partial charge in [0.1, 0.15) is 0 Å². The van der Waals surface area contributed by atoms with E-state index in [1.54, 1.807) is 24.3 Å². The molecule has 4 nitrogen and oxygen atoms in total. The number of halogens is 1. The molecular formula is C13H10BrNO3. The number of hydrogen-bond acceptors (Lipinski definition) is 3. The SMILES string of the molecule is O=C(O)c1cccnc1-c1cccc(Br)c1CO. The van der Waals surface area contributed by atoms with E-state index < -0.39 is 5.97 Å². The molecule has 2 rings (SSSR count). The molecule has 92 valence electrons. The fourth-order valence-electron chi connectivity index (χ4n) is 1.73. The highest BCUT2D eigenvalue weighted by Gasteiger charge is 2.16. The smallest absolute Gasteiger partial charge is 0.337 e. The fraction of sp³-hybridized carbons (Fsp3) is 0.0769. The van der Waals surface area contributed by atoms with E-state index in [1.807, 2.05) is 0 Å². The Morgan fingerprint density at radius 2 is 2.06 bits per heavy atom. The van der Waals surface area contributed by atoms with E-state index in [0.29, 0.717) is 16.8 Å². The van der Waals surface area contributed by atoms with Gasteiger partial charge in [-0.15, -0.1) is 0 Å². The molecule has 0 unspecified atom stereocenters. The number of hydrogen-bond donors (Lipinski definition) is 2. The molecule has 0 aliphatic rings. The van der Waals surface area contributed by atoms with Crippen LogP contribution in [0.3, 0.4) is 0 Å². The quantitative estimate of drug-likeness (QED) is 0.914. The second-order valence-corrected chi connectivity index (χ2v) is 4.48. The number of rotatable bonds is 3. The number of carboxylic acids is 1. The number of nitrogens with zero attached hydrogens (tertiary/aromatic N) is 1. The second kappa shape index (κ2) is 5.29. The van der Waals surface area contributed by atoms with Gasteiger partial charge in [0.05, 0.1) is 17.9 Å². The predicted octanol–water partition coefficient (Wildman–Crippen LogP) is 2.70. The summed E-state index contributed by atoms with van der Waals surface area (Å²) in [5.74, 6) is -1.04. The Morgan fingerprint density at radius 1 is 1.28 bits per heavy atom. The van der Waals surface area contributed by atoms with E-state index in [9.17, 15) is 9.90 Å². The summed E-state index contributed by atoms with van der Waals surface area (Å²) >= 11 is 3.33. The third-order valence-corrected chi connectivity index (χ3v) is 3.31. The predicted molar refractivity (Wildman–Crippen MR) is 70.3 cm³/mol. The number of carboxylic acid groups (broad SMARTS) is 1. The van der Waals surface area contributed by atoms with Crippen molar-refractivity contribution in [2.24, 2.45) is 0 Å². The minimum Gasteiger partial charge on any atom is -0.478 e. The molecule has 0 atom stereocenters. The largest absolute Gasteiger partial charge is 0.478 e. The van der Waals surface area contributed by atoms with Crippen LogP contribution in [0.15, 0.2) is 41.0 Å². The van der Waals surface area contributed by atoms with Crippen LogP contribution in [-0.2, 0) is 6.61 Å². The van der Waals surface area contributed by atoms with Crippen molar-refractivity contribution in [1.82, 2.24) is 4.98 Å². The number of aromatic nitrogens is 1. The lowest BCUT2D eigenvalue weighted by atomic mass is 10.0. The first kappa shape index (κ1) is 12.7. The topological polar surface area (TPSA) is 70.4 Å². The monoisotopic (exact) mass is 307 g/mol. The van der Waals surface area contributed by atoms with Crippen LogP contribution < -0.4 is 0 Å². The second-order valence-electron chi connectivity index (χ2n) is 3.63. The molecule has 1 heterocycles. The zero-order valence-corrected chi connectivity index (χ0v) is 10.9. The highest BCUT2D eigenvalue weighted by Crippen LogP contribution is 2.30. The molecule has 0 saturated carbocycles. The van der Waals surface area contributed by atoms with Crippen LogP contribution in [0.1, 0.15) is 15.9 Å². The average Bonchev–Trinajstić information content (AvgIpc) is 2.38. The van der Waals surface area contributed by atoms with Crippen molar-refractivity contribution in [3.05, 3.63) is 52.1 Å². The Bertz CT molecular complexity index is 599. The van der Waals surface area contributed by atoms with Crippen molar-refractivity contribution >= 4 is 21.9 Å². The van der Waals surface area contributed by atoms with Gasteiger partial charge in [-0.1, -0.05) is 28.1 Å². The third kappa shape index (κ3) is 2.27. The standard InChI is InChI=1S/C13H10BrNO3/c14-11-5-1-3-8(10(11)7-16)12-9(13(17)18)4-2-6-15-12/h1-6,16H,7H2,(H,17,18). The minimum absolute atomic E-state index is 0.116. The van der Waals surface area contributed by atoms with Crippen molar-refractivity contribution in [2.45, 2.75) is 6.61 Å². The molecule has 0 amide bonds. The molecule has 0 radical (unpaired) electrons. The number of aliphatic hydroxyl groups is 1. The molecule has 0 bridgehead atoms. The van der Waals surface area contributed by atoms with Crippen molar-refractivity contribution in [3.63, 3.8) is 0 Å². The molecule has 0 spiro atoms. The lowest BCUT2D eigenvalue weighted by Gasteiger charge is -2.10. The maximum absolute atomic E-state index is 11.2. The van der Waals surface area contributed by atoms with Gasteiger partial charge in [0.25, 0.3) is 0 Å². The van der Waals surface area contributed by atoms with Crippen LogP contribution in [0.4, 0.5) is 0 Å². The van der Waals surface area contributed by atoms with Crippen molar-refractivity contribution in [1.29, 1.82) is 0 Å². The Kier molecular flexibility index (Phi) is 3.74. The maximum Gasteiger partial charge on any atom is 0.337 e. The van der Waals surface area contributed by atoms with Gasteiger partial charge in [0.2, 0.25) is 0 Å². The van der Waals surface area contributed by atoms with Gasteiger partial charge < -0.3 is 10.2 Å². The maximum atomic E-state index is 11.2. The first-order valence-corrected chi connectivity index (χ1v) is 6.01. The van der Waals surface area contributed by atoms with Crippen LogP contribution >= 0.6 is 15.9 Å². The number of pyridine rings is 1. The van der Waals surface area contributed by atoms with Crippen LogP contribution in [-0.4, -0.2) is 21.2 Å². The average molecular weight is 308 g/mol. The molecule has 1 aromatic heterocycles. The van der Waals surface area contributed by atoms with E-state index in [-0.39, 0.29) is 12.2 Å². The van der Waals surface area contributed by atoms with Crippen LogP contribution in [0, 0.1) is 0 Å². The first-order valence-electron chi connectivity index (χ1n) is 5.22. The van der Waals surface area contributed by atoms with Crippen LogP contribution in [0.2, 0.25) is 0 Å². The molecule has 0 fully saturated rings. The number of aliphatic hydroxyl groups excluding tert-OH is 1. The van der Waals surface area contributed by atoms with Crippen LogP contribution in [0.5, 0.6) is 0 Å². The van der Waals surface area contributed by atoms with Gasteiger partial charge in [-0.3, -0.25) is 4.98 Å². The van der Waals surface area contributed by atoms with Crippen molar-refractivity contribution in [3.8, 4) is 11.3 Å². The van der Waals surface area contributed by atoms with Crippen molar-refractivity contribution < 1.29 is 15.0 Å². The molecule has 0 aliphatic carbocycles. The molecule has 1 aromatic carbocycles. The molecule has 0 saturated heterocycles. The summed E-state index contributed by atoms with van der Waals surface area (Å²) in [6.45, 7) is -0.188. The summed E-state index contributed by atoms with van der Waals surface area (Å²) < 4.78 is 0.726. The lowest BCUT2D eigenvalue weighted by Crippen LogP contribution is -2.03. The Morgan fingerprint density at radius 3 is 2.72 bits per heavy atom. The van der Waals surface area contributed by atoms with E-state index in [0.717, 1.165) is 4.47 Å². The Balaban J connectivity index is 2.70. The van der Waals surface area contributed by atoms with Gasteiger partial charge in [-0.25, -0.2) is 4.79 Å². The highest BCUT2D eigenvalue weighted by molar-refractivity contribution is 9.10. The molecule has 0 aliphatic heterocycles. The number of aromatic carboxylic acids is 1. The third-order valence-electron chi connectivity index (χ3n) is 2.57. The first-order chi connectivity index (χ1) is 8.65. The minimum atomic E-state index is -1.04. The summed E-state index contributed by atoms with van der Waals surface area (Å²) in [6, 6.07) is 8.37. The van der Waals surface area contributed by atoms with Gasteiger partial charge in [0.15, 0.2) is 0 Å². The summed E-state index contributed by atoms with van der Waals surface area (Å²) in [6.07, 6.45) is 1.53. The molecule has 2 aromatic rings. The zero-order valence-electron chi connectivity index (χ0n) is 9.30. The fourth-order valence-corrected chi connectivity index (χ4v) is 2.23. The number of carbonyl (C=O) groups is 1. The van der Waals surface area contributed by atoms with Gasteiger partial charge >= 0.3 is 5.97 Å². The van der Waals surface area contributed by atoms with E-state index in [2.05, 4.69) is 20.9 Å². The molecule has 5 heteroatoms. The Labute approximate surface area is 112 Å². The van der Waals surface area contributed by atoms with Gasteiger partial charge in [-0.2, -0.15) is 0 Å².